The molecule has 4 heteroatoms. The Morgan fingerprint density at radius 1 is 0.702 bits per heavy atom. The Labute approximate surface area is 306 Å². The molecule has 0 nitrogen and oxygen atoms in total. The molecule has 2 radical (unpaired) electrons. The van der Waals surface area contributed by atoms with Crippen LogP contribution < -0.4 is 0 Å². The second-order valence-electron chi connectivity index (χ2n) is 13.1. The maximum atomic E-state index is 4.93. The molecule has 0 spiro atoms. The number of halogens is 2. The normalized spacial score (nSPS) is 10.7. The van der Waals surface area contributed by atoms with Crippen molar-refractivity contribution in [3.05, 3.63) is 132 Å². The van der Waals surface area contributed by atoms with Crippen LogP contribution in [0.2, 0.25) is 13.1 Å². The molecule has 244 valence electrons. The Kier molecular flexibility index (Phi) is 17.0. The molecule has 6 rings (SSSR count). The van der Waals surface area contributed by atoms with Gasteiger partial charge >= 0.3 is 37.9 Å². The Morgan fingerprint density at radius 3 is 1.83 bits per heavy atom. The molecule has 6 aromatic carbocycles. The van der Waals surface area contributed by atoms with E-state index < -0.39 is 20.8 Å². The minimum atomic E-state index is -0.826. The van der Waals surface area contributed by atoms with Crippen molar-refractivity contribution in [3.8, 4) is 22.3 Å². The number of fused-ring (bicyclic) bond motifs is 2. The Hall–Kier alpha value is -2.22. The van der Waals surface area contributed by atoms with Gasteiger partial charge < -0.3 is 0 Å². The van der Waals surface area contributed by atoms with E-state index in [0.29, 0.717) is 0 Å². The Bertz CT molecular complexity index is 1740. The van der Waals surface area contributed by atoms with Crippen LogP contribution in [0, 0.1) is 6.92 Å². The van der Waals surface area contributed by atoms with Crippen molar-refractivity contribution in [2.75, 3.05) is 0 Å². The molecule has 0 aromatic heterocycles. The molecule has 0 bridgehead atoms. The van der Waals surface area contributed by atoms with Crippen LogP contribution in [0.15, 0.2) is 115 Å². The fourth-order valence-electron chi connectivity index (χ4n) is 5.75. The topological polar surface area (TPSA) is 0 Å². The van der Waals surface area contributed by atoms with Crippen molar-refractivity contribution < 1.29 is 20.8 Å². The third-order valence-corrected chi connectivity index (χ3v) is 8.23. The summed E-state index contributed by atoms with van der Waals surface area (Å²) < 4.78 is 0. The van der Waals surface area contributed by atoms with Gasteiger partial charge in [0.05, 0.1) is 0 Å². The summed E-state index contributed by atoms with van der Waals surface area (Å²) in [4.78, 5) is 0. The second-order valence-corrected chi connectivity index (χ2v) is 17.8. The van der Waals surface area contributed by atoms with E-state index in [-0.39, 0.29) is 5.41 Å². The average molecular weight is 757 g/mol. The summed E-state index contributed by atoms with van der Waals surface area (Å²) in [5.41, 5.74) is 9.70. The maximum absolute atomic E-state index is 4.93. The predicted molar refractivity (Wildman–Crippen MR) is 210 cm³/mol. The van der Waals surface area contributed by atoms with Gasteiger partial charge in [-0.25, -0.2) is 0 Å². The van der Waals surface area contributed by atoms with Crippen molar-refractivity contribution in [3.63, 3.8) is 0 Å². The molecule has 0 saturated heterocycles. The van der Waals surface area contributed by atoms with Crippen LogP contribution in [-0.2, 0) is 32.7 Å². The fraction of sp³-hybridized carbons (Fsp3) is 0.302. The summed E-state index contributed by atoms with van der Waals surface area (Å²) in [6.45, 7) is 15.5. The van der Waals surface area contributed by atoms with Crippen LogP contribution in [0.4, 0.5) is 0 Å². The Morgan fingerprint density at radius 2 is 1.26 bits per heavy atom. The molecule has 0 saturated carbocycles. The van der Waals surface area contributed by atoms with E-state index in [0.717, 1.165) is 9.52 Å². The average Bonchev–Trinajstić information content (AvgIpc) is 3.71. The SMILES string of the molecule is CC(C)(C)c1ccc(-c2cccc3[cH-]ccc23)cc1.CCCCCCc1cc2c(-c3ccc(C)cc3)cccc2[cH-]1.C[Si]C.[Cl][Zr+2][Cl]. The molecule has 0 aliphatic heterocycles. The zero-order valence-electron chi connectivity index (χ0n) is 29.3. The van der Waals surface area contributed by atoms with E-state index in [1.165, 1.54) is 92.6 Å². The molecule has 0 aliphatic rings. The monoisotopic (exact) mass is 754 g/mol. The molecule has 0 aliphatic carbocycles. The summed E-state index contributed by atoms with van der Waals surface area (Å²) in [6, 6.07) is 42.3. The van der Waals surface area contributed by atoms with E-state index in [1.807, 2.05) is 0 Å². The van der Waals surface area contributed by atoms with Gasteiger partial charge in [-0.15, -0.1) is 63.5 Å². The summed E-state index contributed by atoms with van der Waals surface area (Å²) in [5.74, 6) is 0. The molecule has 0 heterocycles. The third-order valence-electron chi connectivity index (χ3n) is 8.23. The van der Waals surface area contributed by atoms with Crippen LogP contribution >= 0.6 is 17.0 Å². The molecule has 0 amide bonds. The van der Waals surface area contributed by atoms with Crippen LogP contribution in [0.3, 0.4) is 0 Å². The van der Waals surface area contributed by atoms with Gasteiger partial charge in [0.1, 0.15) is 0 Å². The first-order valence-electron chi connectivity index (χ1n) is 16.7. The van der Waals surface area contributed by atoms with Gasteiger partial charge in [0, 0.05) is 9.52 Å². The zero-order valence-corrected chi connectivity index (χ0v) is 34.2. The standard InChI is InChI=1S/C22H25.C19H19.C2H6Si.2ClH.Zr/c1-3-4-5-6-8-18-15-20-9-7-10-21(22(20)16-18)19-13-11-17(2)12-14-19;1-19(2,3)16-12-10-15(11-13-16)18-9-5-7-14-6-4-8-17(14)18;1-3-2;;;/h7,9-16H,3-6,8H2,1-2H3;4-13H,1-3H3;1-2H3;2*1H;/q2*-1;;;;+4/p-2. The molecular weight excluding hydrogens is 707 g/mol. The van der Waals surface area contributed by atoms with Crippen LogP contribution in [0.1, 0.15) is 70.1 Å². The number of hydrogen-bond donors (Lipinski definition) is 0. The van der Waals surface area contributed by atoms with Gasteiger partial charge in [0.25, 0.3) is 0 Å². The number of hydrogen-bond acceptors (Lipinski definition) is 0. The number of unbranched alkanes of at least 4 members (excludes halogenated alkanes) is 3. The first-order valence-corrected chi connectivity index (χ1v) is 25.0. The summed E-state index contributed by atoms with van der Waals surface area (Å²) in [5, 5.41) is 5.43. The first kappa shape index (κ1) is 39.2. The van der Waals surface area contributed by atoms with Crippen molar-refractivity contribution in [2.24, 2.45) is 0 Å². The van der Waals surface area contributed by atoms with E-state index in [4.69, 9.17) is 17.0 Å². The summed E-state index contributed by atoms with van der Waals surface area (Å²) in [6.07, 6.45) is 6.53. The second kappa shape index (κ2) is 20.3. The van der Waals surface area contributed by atoms with Gasteiger partial charge in [0.15, 0.2) is 0 Å². The zero-order chi connectivity index (χ0) is 34.2. The predicted octanol–water partition coefficient (Wildman–Crippen LogP) is 14.3. The molecule has 0 fully saturated rings. The fourth-order valence-corrected chi connectivity index (χ4v) is 5.75. The van der Waals surface area contributed by atoms with E-state index in [1.54, 1.807) is 0 Å². The van der Waals surface area contributed by atoms with E-state index in [2.05, 4.69) is 163 Å². The molecule has 0 N–H and O–H groups in total. The van der Waals surface area contributed by atoms with Crippen LogP contribution in [0.5, 0.6) is 0 Å². The number of benzene rings is 4. The van der Waals surface area contributed by atoms with Crippen LogP contribution in [-0.4, -0.2) is 9.52 Å². The van der Waals surface area contributed by atoms with Crippen molar-refractivity contribution >= 4 is 48.1 Å². The van der Waals surface area contributed by atoms with Crippen molar-refractivity contribution in [1.82, 2.24) is 0 Å². The minimum absolute atomic E-state index is 0.213. The summed E-state index contributed by atoms with van der Waals surface area (Å²) in [7, 11) is 11.0. The van der Waals surface area contributed by atoms with Gasteiger partial charge in [-0.05, 0) is 35.4 Å². The quantitative estimate of drug-likeness (QED) is 0.0864. The van der Waals surface area contributed by atoms with Crippen molar-refractivity contribution in [2.45, 2.75) is 85.2 Å². The van der Waals surface area contributed by atoms with Gasteiger partial charge in [-0.1, -0.05) is 144 Å². The molecule has 6 aromatic rings. The van der Waals surface area contributed by atoms with Gasteiger partial charge in [0.2, 0.25) is 0 Å². The summed E-state index contributed by atoms with van der Waals surface area (Å²) >= 11 is -0.826. The van der Waals surface area contributed by atoms with Gasteiger partial charge in [-0.3, -0.25) is 0 Å². The number of rotatable bonds is 7. The third kappa shape index (κ3) is 12.0. The molecular formula is C43H50Cl2SiZr. The van der Waals surface area contributed by atoms with E-state index in [9.17, 15) is 0 Å². The van der Waals surface area contributed by atoms with E-state index >= 15 is 0 Å². The van der Waals surface area contributed by atoms with Crippen LogP contribution in [0.25, 0.3) is 43.8 Å². The van der Waals surface area contributed by atoms with Crippen molar-refractivity contribution in [1.29, 1.82) is 0 Å². The Balaban J connectivity index is 0.000000221. The van der Waals surface area contributed by atoms with Gasteiger partial charge in [-0.2, -0.15) is 18.2 Å². The molecule has 0 atom stereocenters. The first-order chi connectivity index (χ1) is 22.7. The molecule has 0 unspecified atom stereocenters. The molecule has 47 heavy (non-hydrogen) atoms. The number of aryl methyl sites for hydroxylation is 2.